The van der Waals surface area contributed by atoms with E-state index in [1.807, 2.05) is 24.3 Å². The van der Waals surface area contributed by atoms with Crippen LogP contribution in [0, 0.1) is 0 Å². The van der Waals surface area contributed by atoms with Crippen molar-refractivity contribution < 1.29 is 4.74 Å². The van der Waals surface area contributed by atoms with Gasteiger partial charge in [0.15, 0.2) is 5.82 Å². The quantitative estimate of drug-likeness (QED) is 0.843. The van der Waals surface area contributed by atoms with Crippen molar-refractivity contribution in [2.24, 2.45) is 0 Å². The summed E-state index contributed by atoms with van der Waals surface area (Å²) in [6, 6.07) is 10.2. The van der Waals surface area contributed by atoms with Crippen LogP contribution in [-0.2, 0) is 17.8 Å². The lowest BCUT2D eigenvalue weighted by molar-refractivity contribution is 0.185. The number of hydrogen-bond donors (Lipinski definition) is 1. The summed E-state index contributed by atoms with van der Waals surface area (Å²) in [5, 5.41) is 3.34. The number of ether oxygens (including phenoxy) is 1. The monoisotopic (exact) mass is 285 g/mol. The maximum absolute atomic E-state index is 5.19. The molecule has 1 aromatic carbocycles. The van der Waals surface area contributed by atoms with Gasteiger partial charge in [-0.3, -0.25) is 0 Å². The largest absolute Gasteiger partial charge is 0.380 e. The Balaban J connectivity index is 2.35. The van der Waals surface area contributed by atoms with Crippen LogP contribution in [0.15, 0.2) is 30.3 Å². The van der Waals surface area contributed by atoms with Gasteiger partial charge in [-0.2, -0.15) is 0 Å². The van der Waals surface area contributed by atoms with Crippen molar-refractivity contribution in [3.63, 3.8) is 0 Å². The second-order valence-electron chi connectivity index (χ2n) is 4.98. The highest BCUT2D eigenvalue weighted by Crippen LogP contribution is 2.20. The van der Waals surface area contributed by atoms with E-state index in [0.717, 1.165) is 47.8 Å². The van der Waals surface area contributed by atoms with Gasteiger partial charge in [0.1, 0.15) is 5.82 Å². The molecule has 112 valence electrons. The molecule has 0 aliphatic rings. The van der Waals surface area contributed by atoms with Crippen LogP contribution in [-0.4, -0.2) is 23.6 Å². The molecule has 0 aliphatic heterocycles. The topological polar surface area (TPSA) is 47.0 Å². The van der Waals surface area contributed by atoms with Gasteiger partial charge in [-0.1, -0.05) is 32.0 Å². The van der Waals surface area contributed by atoms with Crippen LogP contribution in [0.25, 0.3) is 11.4 Å². The third-order valence-electron chi connectivity index (χ3n) is 3.19. The molecule has 2 rings (SSSR count). The summed E-state index contributed by atoms with van der Waals surface area (Å²) < 4.78 is 5.19. The summed E-state index contributed by atoms with van der Waals surface area (Å²) in [5.74, 6) is 1.67. The second kappa shape index (κ2) is 7.74. The molecule has 21 heavy (non-hydrogen) atoms. The lowest BCUT2D eigenvalue weighted by atomic mass is 10.1. The third kappa shape index (κ3) is 4.26. The van der Waals surface area contributed by atoms with Gasteiger partial charge in [0.2, 0.25) is 0 Å². The zero-order chi connectivity index (χ0) is 15.1. The highest BCUT2D eigenvalue weighted by atomic mass is 16.5. The van der Waals surface area contributed by atoms with Crippen LogP contribution in [0.2, 0.25) is 0 Å². The summed E-state index contributed by atoms with van der Waals surface area (Å²) in [4.78, 5) is 9.27. The molecule has 0 bridgehead atoms. The fourth-order valence-corrected chi connectivity index (χ4v) is 2.12. The van der Waals surface area contributed by atoms with Crippen molar-refractivity contribution in [1.29, 1.82) is 0 Å². The van der Waals surface area contributed by atoms with Crippen LogP contribution in [0.3, 0.4) is 0 Å². The summed E-state index contributed by atoms with van der Waals surface area (Å²) >= 11 is 0. The Morgan fingerprint density at radius 3 is 2.71 bits per heavy atom. The Morgan fingerprint density at radius 1 is 1.14 bits per heavy atom. The SMILES string of the molecule is CCCNc1cc(CC)nc(-c2cccc(COC)c2)n1. The zero-order valence-electron chi connectivity index (χ0n) is 13.0. The van der Waals surface area contributed by atoms with Gasteiger partial charge in [-0.15, -0.1) is 0 Å². The molecule has 0 saturated carbocycles. The van der Waals surface area contributed by atoms with Crippen LogP contribution >= 0.6 is 0 Å². The molecule has 1 N–H and O–H groups in total. The summed E-state index contributed by atoms with van der Waals surface area (Å²) in [6.07, 6.45) is 1.97. The van der Waals surface area contributed by atoms with Gasteiger partial charge >= 0.3 is 0 Å². The number of methoxy groups -OCH3 is 1. The average Bonchev–Trinajstić information content (AvgIpc) is 2.53. The van der Waals surface area contributed by atoms with E-state index in [0.29, 0.717) is 6.61 Å². The number of anilines is 1. The van der Waals surface area contributed by atoms with Gasteiger partial charge in [0, 0.05) is 31.0 Å². The molecule has 4 nitrogen and oxygen atoms in total. The number of nitrogens with one attached hydrogen (secondary N) is 1. The van der Waals surface area contributed by atoms with E-state index < -0.39 is 0 Å². The van der Waals surface area contributed by atoms with Crippen molar-refractivity contribution >= 4 is 5.82 Å². The average molecular weight is 285 g/mol. The molecule has 0 radical (unpaired) electrons. The van der Waals surface area contributed by atoms with E-state index in [4.69, 9.17) is 4.74 Å². The van der Waals surface area contributed by atoms with E-state index in [9.17, 15) is 0 Å². The van der Waals surface area contributed by atoms with Crippen molar-refractivity contribution in [3.05, 3.63) is 41.6 Å². The molecular formula is C17H23N3O. The van der Waals surface area contributed by atoms with E-state index in [1.165, 1.54) is 0 Å². The van der Waals surface area contributed by atoms with Crippen molar-refractivity contribution in [2.75, 3.05) is 19.0 Å². The normalized spacial score (nSPS) is 10.6. The fraction of sp³-hybridized carbons (Fsp3) is 0.412. The van der Waals surface area contributed by atoms with Crippen molar-refractivity contribution in [3.8, 4) is 11.4 Å². The minimum absolute atomic E-state index is 0.599. The highest BCUT2D eigenvalue weighted by molar-refractivity contribution is 5.58. The Kier molecular flexibility index (Phi) is 5.69. The van der Waals surface area contributed by atoms with E-state index in [2.05, 4.69) is 35.2 Å². The lowest BCUT2D eigenvalue weighted by Gasteiger charge is -2.09. The van der Waals surface area contributed by atoms with E-state index in [1.54, 1.807) is 7.11 Å². The number of rotatable bonds is 7. The molecule has 1 aromatic heterocycles. The van der Waals surface area contributed by atoms with Crippen LogP contribution in [0.4, 0.5) is 5.82 Å². The molecule has 4 heteroatoms. The molecule has 0 amide bonds. The first-order valence-electron chi connectivity index (χ1n) is 7.46. The first kappa shape index (κ1) is 15.4. The molecule has 0 saturated heterocycles. The van der Waals surface area contributed by atoms with Gasteiger partial charge in [0.25, 0.3) is 0 Å². The first-order valence-corrected chi connectivity index (χ1v) is 7.46. The van der Waals surface area contributed by atoms with Gasteiger partial charge in [0.05, 0.1) is 6.61 Å². The third-order valence-corrected chi connectivity index (χ3v) is 3.19. The molecule has 0 spiro atoms. The summed E-state index contributed by atoms with van der Waals surface area (Å²) in [7, 11) is 1.70. The molecule has 0 aliphatic carbocycles. The zero-order valence-corrected chi connectivity index (χ0v) is 13.0. The Morgan fingerprint density at radius 2 is 2.00 bits per heavy atom. The first-order chi connectivity index (χ1) is 10.3. The van der Waals surface area contributed by atoms with Crippen LogP contribution in [0.5, 0.6) is 0 Å². The van der Waals surface area contributed by atoms with Crippen molar-refractivity contribution in [2.45, 2.75) is 33.3 Å². The molecule has 0 atom stereocenters. The fourth-order valence-electron chi connectivity index (χ4n) is 2.12. The summed E-state index contributed by atoms with van der Waals surface area (Å²) in [5.41, 5.74) is 3.21. The summed E-state index contributed by atoms with van der Waals surface area (Å²) in [6.45, 7) is 5.77. The Hall–Kier alpha value is -1.94. The maximum atomic E-state index is 5.19. The van der Waals surface area contributed by atoms with Gasteiger partial charge < -0.3 is 10.1 Å². The van der Waals surface area contributed by atoms with E-state index in [-0.39, 0.29) is 0 Å². The Labute approximate surface area is 126 Å². The van der Waals surface area contributed by atoms with Crippen LogP contribution < -0.4 is 5.32 Å². The predicted octanol–water partition coefficient (Wildman–Crippen LogP) is 3.67. The maximum Gasteiger partial charge on any atom is 0.161 e. The van der Waals surface area contributed by atoms with Gasteiger partial charge in [-0.25, -0.2) is 9.97 Å². The van der Waals surface area contributed by atoms with Gasteiger partial charge in [-0.05, 0) is 24.5 Å². The van der Waals surface area contributed by atoms with Crippen LogP contribution in [0.1, 0.15) is 31.5 Å². The number of benzene rings is 1. The standard InChI is InChI=1S/C17H23N3O/c1-4-9-18-16-11-15(5-2)19-17(20-16)14-8-6-7-13(10-14)12-21-3/h6-8,10-11H,4-5,9,12H2,1-3H3,(H,18,19,20). The predicted molar refractivity (Wildman–Crippen MR) is 86.3 cm³/mol. The molecule has 2 aromatic rings. The number of nitrogens with zero attached hydrogens (tertiary/aromatic N) is 2. The minimum atomic E-state index is 0.599. The second-order valence-corrected chi connectivity index (χ2v) is 4.98. The molecule has 0 fully saturated rings. The number of aryl methyl sites for hydroxylation is 1. The highest BCUT2D eigenvalue weighted by Gasteiger charge is 2.07. The smallest absolute Gasteiger partial charge is 0.161 e. The number of hydrogen-bond acceptors (Lipinski definition) is 4. The number of aromatic nitrogens is 2. The lowest BCUT2D eigenvalue weighted by Crippen LogP contribution is -2.05. The minimum Gasteiger partial charge on any atom is -0.380 e. The molecule has 1 heterocycles. The Bertz CT molecular complexity index is 584. The van der Waals surface area contributed by atoms with Crippen molar-refractivity contribution in [1.82, 2.24) is 9.97 Å². The van der Waals surface area contributed by atoms with E-state index >= 15 is 0 Å². The molecular weight excluding hydrogens is 262 g/mol. The molecule has 0 unspecified atom stereocenters.